The van der Waals surface area contributed by atoms with E-state index in [2.05, 4.69) is 0 Å². The molecule has 0 aliphatic carbocycles. The molecule has 2 aromatic carbocycles. The summed E-state index contributed by atoms with van der Waals surface area (Å²) in [6, 6.07) is 7.12. The number of aliphatic hydroxyl groups excluding tert-OH is 1. The molecule has 1 nitrogen and oxygen atoms in total. The first-order valence-electron chi connectivity index (χ1n) is 6.32. The third kappa shape index (κ3) is 3.24. The second-order valence-electron chi connectivity index (χ2n) is 4.99. The van der Waals surface area contributed by atoms with Crippen LogP contribution in [-0.2, 0) is 6.18 Å². The molecule has 0 amide bonds. The predicted molar refractivity (Wildman–Crippen MR) is 71.4 cm³/mol. The summed E-state index contributed by atoms with van der Waals surface area (Å²) in [6.07, 6.45) is -6.18. The standard InChI is InChI=1S/C16H14F4O/c1-9-3-5-12(10(2)7-9)15(21)13-8-11(17)4-6-14(13)16(18,19)20/h3-8,15,21H,1-2H3. The van der Waals surface area contributed by atoms with Crippen LogP contribution in [0, 0.1) is 19.7 Å². The van der Waals surface area contributed by atoms with E-state index in [0.717, 1.165) is 17.7 Å². The largest absolute Gasteiger partial charge is 0.416 e. The Labute approximate surface area is 119 Å². The highest BCUT2D eigenvalue weighted by Crippen LogP contribution is 2.37. The highest BCUT2D eigenvalue weighted by Gasteiger charge is 2.35. The van der Waals surface area contributed by atoms with Crippen molar-refractivity contribution in [1.82, 2.24) is 0 Å². The molecule has 0 saturated carbocycles. The van der Waals surface area contributed by atoms with Crippen molar-refractivity contribution < 1.29 is 22.7 Å². The molecule has 0 aromatic heterocycles. The van der Waals surface area contributed by atoms with E-state index in [1.165, 1.54) is 0 Å². The first-order valence-corrected chi connectivity index (χ1v) is 6.32. The zero-order chi connectivity index (χ0) is 15.8. The molecule has 2 aromatic rings. The van der Waals surface area contributed by atoms with Crippen molar-refractivity contribution in [3.05, 3.63) is 70.0 Å². The molecule has 0 aliphatic rings. The molecule has 0 radical (unpaired) electrons. The van der Waals surface area contributed by atoms with Gasteiger partial charge in [-0.1, -0.05) is 23.8 Å². The Bertz CT molecular complexity index is 662. The van der Waals surface area contributed by atoms with Gasteiger partial charge in [-0.15, -0.1) is 0 Å². The van der Waals surface area contributed by atoms with Gasteiger partial charge in [0, 0.05) is 5.56 Å². The first kappa shape index (κ1) is 15.5. The maximum absolute atomic E-state index is 13.3. The minimum Gasteiger partial charge on any atom is -0.384 e. The summed E-state index contributed by atoms with van der Waals surface area (Å²) in [5.41, 5.74) is 0.404. The lowest BCUT2D eigenvalue weighted by atomic mass is 9.93. The van der Waals surface area contributed by atoms with Gasteiger partial charge in [-0.3, -0.25) is 0 Å². The molecule has 0 spiro atoms. The van der Waals surface area contributed by atoms with E-state index in [1.54, 1.807) is 25.1 Å². The van der Waals surface area contributed by atoms with Crippen molar-refractivity contribution in [3.63, 3.8) is 0 Å². The number of hydrogen-bond acceptors (Lipinski definition) is 1. The van der Waals surface area contributed by atoms with E-state index in [0.29, 0.717) is 17.2 Å². The van der Waals surface area contributed by atoms with E-state index in [9.17, 15) is 22.7 Å². The topological polar surface area (TPSA) is 20.2 Å². The number of halogens is 4. The minimum absolute atomic E-state index is 0.330. The molecule has 0 fully saturated rings. The van der Waals surface area contributed by atoms with E-state index in [-0.39, 0.29) is 0 Å². The third-order valence-corrected chi connectivity index (χ3v) is 3.33. The van der Waals surface area contributed by atoms with Crippen molar-refractivity contribution in [2.24, 2.45) is 0 Å². The van der Waals surface area contributed by atoms with Gasteiger partial charge < -0.3 is 5.11 Å². The summed E-state index contributed by atoms with van der Waals surface area (Å²) in [5, 5.41) is 10.3. The van der Waals surface area contributed by atoms with Crippen LogP contribution in [0.15, 0.2) is 36.4 Å². The third-order valence-electron chi connectivity index (χ3n) is 3.33. The molecule has 0 heterocycles. The van der Waals surface area contributed by atoms with Gasteiger partial charge in [0.15, 0.2) is 0 Å². The van der Waals surface area contributed by atoms with Crippen LogP contribution < -0.4 is 0 Å². The first-order chi connectivity index (χ1) is 9.70. The molecule has 1 N–H and O–H groups in total. The van der Waals surface area contributed by atoms with Gasteiger partial charge in [0.2, 0.25) is 0 Å². The van der Waals surface area contributed by atoms with Gasteiger partial charge in [-0.2, -0.15) is 13.2 Å². The van der Waals surface area contributed by atoms with Gasteiger partial charge in [-0.05, 0) is 43.2 Å². The van der Waals surface area contributed by atoms with Crippen LogP contribution in [0.4, 0.5) is 17.6 Å². The van der Waals surface area contributed by atoms with E-state index >= 15 is 0 Å². The van der Waals surface area contributed by atoms with Crippen LogP contribution in [0.25, 0.3) is 0 Å². The molecule has 112 valence electrons. The van der Waals surface area contributed by atoms with Gasteiger partial charge in [0.05, 0.1) is 5.56 Å². The summed E-state index contributed by atoms with van der Waals surface area (Å²) in [7, 11) is 0. The quantitative estimate of drug-likeness (QED) is 0.807. The van der Waals surface area contributed by atoms with Crippen LogP contribution in [0.5, 0.6) is 0 Å². The van der Waals surface area contributed by atoms with E-state index < -0.39 is 29.2 Å². The highest BCUT2D eigenvalue weighted by molar-refractivity contribution is 5.41. The number of hydrogen-bond donors (Lipinski definition) is 1. The lowest BCUT2D eigenvalue weighted by molar-refractivity contribution is -0.139. The van der Waals surface area contributed by atoms with Gasteiger partial charge in [0.1, 0.15) is 11.9 Å². The average Bonchev–Trinajstić information content (AvgIpc) is 2.36. The Morgan fingerprint density at radius 3 is 2.19 bits per heavy atom. The lowest BCUT2D eigenvalue weighted by Gasteiger charge is -2.19. The van der Waals surface area contributed by atoms with Crippen LogP contribution >= 0.6 is 0 Å². The highest BCUT2D eigenvalue weighted by atomic mass is 19.4. The normalized spacial score (nSPS) is 13.3. The monoisotopic (exact) mass is 298 g/mol. The molecule has 2 rings (SSSR count). The molecule has 0 bridgehead atoms. The van der Waals surface area contributed by atoms with Crippen molar-refractivity contribution in [2.45, 2.75) is 26.1 Å². The number of benzene rings is 2. The molecular weight excluding hydrogens is 284 g/mol. The lowest BCUT2D eigenvalue weighted by Crippen LogP contribution is -2.14. The van der Waals surface area contributed by atoms with E-state index in [1.807, 2.05) is 6.92 Å². The summed E-state index contributed by atoms with van der Waals surface area (Å²) < 4.78 is 52.3. The SMILES string of the molecule is Cc1ccc(C(O)c2cc(F)ccc2C(F)(F)F)c(C)c1. The average molecular weight is 298 g/mol. The van der Waals surface area contributed by atoms with Crippen LogP contribution in [-0.4, -0.2) is 5.11 Å². The zero-order valence-electron chi connectivity index (χ0n) is 11.5. The fourth-order valence-electron chi connectivity index (χ4n) is 2.32. The number of rotatable bonds is 2. The van der Waals surface area contributed by atoms with Crippen molar-refractivity contribution in [1.29, 1.82) is 0 Å². The second-order valence-corrected chi connectivity index (χ2v) is 4.99. The van der Waals surface area contributed by atoms with Gasteiger partial charge in [0.25, 0.3) is 0 Å². The zero-order valence-corrected chi connectivity index (χ0v) is 11.5. The van der Waals surface area contributed by atoms with Crippen LogP contribution in [0.3, 0.4) is 0 Å². The Kier molecular flexibility index (Phi) is 4.05. The molecule has 0 aliphatic heterocycles. The van der Waals surface area contributed by atoms with Gasteiger partial charge >= 0.3 is 6.18 Å². The number of alkyl halides is 3. The summed E-state index contributed by atoms with van der Waals surface area (Å²) in [5.74, 6) is -0.818. The van der Waals surface area contributed by atoms with Gasteiger partial charge in [-0.25, -0.2) is 4.39 Å². The summed E-state index contributed by atoms with van der Waals surface area (Å²) in [4.78, 5) is 0. The van der Waals surface area contributed by atoms with Crippen molar-refractivity contribution in [3.8, 4) is 0 Å². The maximum atomic E-state index is 13.3. The fraction of sp³-hybridized carbons (Fsp3) is 0.250. The van der Waals surface area contributed by atoms with Crippen molar-refractivity contribution in [2.75, 3.05) is 0 Å². The fourth-order valence-corrected chi connectivity index (χ4v) is 2.32. The summed E-state index contributed by atoms with van der Waals surface area (Å²) >= 11 is 0. The Morgan fingerprint density at radius 2 is 1.62 bits per heavy atom. The summed E-state index contributed by atoms with van der Waals surface area (Å²) in [6.45, 7) is 3.53. The van der Waals surface area contributed by atoms with E-state index in [4.69, 9.17) is 0 Å². The molecule has 0 saturated heterocycles. The van der Waals surface area contributed by atoms with Crippen LogP contribution in [0.2, 0.25) is 0 Å². The number of aryl methyl sites for hydroxylation is 2. The molecular formula is C16H14F4O. The Balaban J connectivity index is 2.57. The molecule has 5 heteroatoms. The second kappa shape index (κ2) is 5.48. The predicted octanol–water partition coefficient (Wildman–Crippen LogP) is 4.54. The molecule has 1 unspecified atom stereocenters. The Morgan fingerprint density at radius 1 is 0.952 bits per heavy atom. The maximum Gasteiger partial charge on any atom is 0.416 e. The van der Waals surface area contributed by atoms with Crippen LogP contribution in [0.1, 0.15) is 33.9 Å². The Hall–Kier alpha value is -1.88. The minimum atomic E-state index is -4.65. The smallest absolute Gasteiger partial charge is 0.384 e. The number of aliphatic hydroxyl groups is 1. The molecule has 21 heavy (non-hydrogen) atoms. The van der Waals surface area contributed by atoms with Crippen molar-refractivity contribution >= 4 is 0 Å². The molecule has 1 atom stereocenters.